The van der Waals surface area contributed by atoms with Crippen molar-refractivity contribution in [3.63, 3.8) is 0 Å². The van der Waals surface area contributed by atoms with Gasteiger partial charge in [0.25, 0.3) is 5.91 Å². The maximum atomic E-state index is 12.6. The molecule has 1 fully saturated rings. The van der Waals surface area contributed by atoms with Crippen molar-refractivity contribution in [1.82, 2.24) is 5.01 Å². The molecule has 0 bridgehead atoms. The molecule has 1 N–H and O–H groups in total. The Morgan fingerprint density at radius 1 is 1.22 bits per heavy atom. The van der Waals surface area contributed by atoms with Crippen LogP contribution in [0.4, 0.5) is 11.4 Å². The monoisotopic (exact) mass is 314 g/mol. The first-order chi connectivity index (χ1) is 11.1. The number of hydrazone groups is 1. The first kappa shape index (κ1) is 15.5. The minimum absolute atomic E-state index is 0.282. The van der Waals surface area contributed by atoms with E-state index in [1.54, 1.807) is 14.0 Å². The first-order valence-corrected chi connectivity index (χ1v) is 8.05. The Labute approximate surface area is 136 Å². The maximum Gasteiger partial charge on any atom is 0.260 e. The molecule has 0 spiro atoms. The van der Waals surface area contributed by atoms with Crippen LogP contribution in [0.2, 0.25) is 0 Å². The van der Waals surface area contributed by atoms with Gasteiger partial charge >= 0.3 is 0 Å². The minimum Gasteiger partial charge on any atom is -0.370 e. The highest BCUT2D eigenvalue weighted by atomic mass is 16.2. The molecule has 1 atom stereocenters. The molecule has 6 nitrogen and oxygen atoms in total. The van der Waals surface area contributed by atoms with Crippen LogP contribution in [0.5, 0.6) is 0 Å². The summed E-state index contributed by atoms with van der Waals surface area (Å²) in [4.78, 5) is 26.9. The van der Waals surface area contributed by atoms with Crippen LogP contribution in [-0.2, 0) is 9.59 Å². The van der Waals surface area contributed by atoms with Gasteiger partial charge in [-0.25, -0.2) is 5.01 Å². The standard InChI is InChI=1S/C17H22N4O2/c1-12-15(17(23)20(2)19-12)16(22)18-13-8-4-5-9-14(13)21-10-6-3-7-11-21/h4-5,8-9,15H,3,6-7,10-11H2,1-2H3,(H,18,22). The normalized spacial score (nSPS) is 21.4. The molecule has 0 radical (unpaired) electrons. The Morgan fingerprint density at radius 2 is 1.91 bits per heavy atom. The third kappa shape index (κ3) is 3.06. The van der Waals surface area contributed by atoms with E-state index >= 15 is 0 Å². The molecule has 2 aliphatic heterocycles. The molecule has 1 aromatic rings. The number of para-hydroxylation sites is 2. The van der Waals surface area contributed by atoms with Crippen molar-refractivity contribution in [2.24, 2.45) is 11.0 Å². The van der Waals surface area contributed by atoms with Gasteiger partial charge in [0.15, 0.2) is 5.92 Å². The number of carbonyl (C=O) groups excluding carboxylic acids is 2. The number of nitrogens with zero attached hydrogens (tertiary/aromatic N) is 3. The highest BCUT2D eigenvalue weighted by molar-refractivity contribution is 6.24. The Balaban J connectivity index is 1.79. The highest BCUT2D eigenvalue weighted by Gasteiger charge is 2.37. The average Bonchev–Trinajstić information content (AvgIpc) is 2.81. The average molecular weight is 314 g/mol. The molecule has 6 heteroatoms. The third-order valence-electron chi connectivity index (χ3n) is 4.41. The summed E-state index contributed by atoms with van der Waals surface area (Å²) >= 11 is 0. The van der Waals surface area contributed by atoms with Gasteiger partial charge in [0, 0.05) is 20.1 Å². The van der Waals surface area contributed by atoms with Crippen LogP contribution < -0.4 is 10.2 Å². The Hall–Kier alpha value is -2.37. The Kier molecular flexibility index (Phi) is 4.32. The largest absolute Gasteiger partial charge is 0.370 e. The van der Waals surface area contributed by atoms with E-state index in [-0.39, 0.29) is 11.8 Å². The summed E-state index contributed by atoms with van der Waals surface area (Å²) < 4.78 is 0. The zero-order valence-electron chi connectivity index (χ0n) is 13.6. The summed E-state index contributed by atoms with van der Waals surface area (Å²) in [6.07, 6.45) is 3.59. The molecular formula is C17H22N4O2. The van der Waals surface area contributed by atoms with Gasteiger partial charge in [0.1, 0.15) is 0 Å². The number of amides is 2. The van der Waals surface area contributed by atoms with Crippen molar-refractivity contribution >= 4 is 28.9 Å². The SMILES string of the molecule is CC1=NN(C)C(=O)C1C(=O)Nc1ccccc1N1CCCCC1. The van der Waals surface area contributed by atoms with Crippen molar-refractivity contribution in [2.75, 3.05) is 30.4 Å². The molecule has 1 aromatic carbocycles. The fraction of sp³-hybridized carbons (Fsp3) is 0.471. The molecule has 0 aliphatic carbocycles. The lowest BCUT2D eigenvalue weighted by Crippen LogP contribution is -2.36. The number of nitrogens with one attached hydrogen (secondary N) is 1. The number of benzene rings is 1. The van der Waals surface area contributed by atoms with Crippen molar-refractivity contribution in [3.8, 4) is 0 Å². The summed E-state index contributed by atoms with van der Waals surface area (Å²) in [5.74, 6) is -1.42. The lowest BCUT2D eigenvalue weighted by atomic mass is 10.0. The Morgan fingerprint density at radius 3 is 2.57 bits per heavy atom. The van der Waals surface area contributed by atoms with E-state index < -0.39 is 5.92 Å². The maximum absolute atomic E-state index is 12.6. The van der Waals surface area contributed by atoms with Gasteiger partial charge in [-0.15, -0.1) is 0 Å². The number of carbonyl (C=O) groups is 2. The van der Waals surface area contributed by atoms with E-state index in [4.69, 9.17) is 0 Å². The van der Waals surface area contributed by atoms with E-state index in [9.17, 15) is 9.59 Å². The number of hydrogen-bond donors (Lipinski definition) is 1. The summed E-state index contributed by atoms with van der Waals surface area (Å²) in [5, 5.41) is 8.21. The quantitative estimate of drug-likeness (QED) is 0.869. The van der Waals surface area contributed by atoms with Crippen molar-refractivity contribution < 1.29 is 9.59 Å². The lowest BCUT2D eigenvalue weighted by molar-refractivity contribution is -0.134. The molecular weight excluding hydrogens is 292 g/mol. The van der Waals surface area contributed by atoms with Gasteiger partial charge in [0.05, 0.1) is 17.1 Å². The van der Waals surface area contributed by atoms with Gasteiger partial charge in [-0.3, -0.25) is 9.59 Å². The predicted octanol–water partition coefficient (Wildman–Crippen LogP) is 2.08. The van der Waals surface area contributed by atoms with Gasteiger partial charge < -0.3 is 10.2 Å². The molecule has 122 valence electrons. The van der Waals surface area contributed by atoms with Gasteiger partial charge in [0.2, 0.25) is 5.91 Å². The van der Waals surface area contributed by atoms with Crippen LogP contribution in [0.3, 0.4) is 0 Å². The molecule has 3 rings (SSSR count). The van der Waals surface area contributed by atoms with Crippen molar-refractivity contribution in [1.29, 1.82) is 0 Å². The summed E-state index contributed by atoms with van der Waals surface area (Å²) in [6, 6.07) is 7.77. The van der Waals surface area contributed by atoms with Crippen LogP contribution in [0, 0.1) is 5.92 Å². The van der Waals surface area contributed by atoms with E-state index in [0.717, 1.165) is 24.5 Å². The molecule has 23 heavy (non-hydrogen) atoms. The van der Waals surface area contributed by atoms with Crippen LogP contribution in [0.15, 0.2) is 29.4 Å². The fourth-order valence-corrected chi connectivity index (χ4v) is 3.21. The number of rotatable bonds is 3. The van der Waals surface area contributed by atoms with Gasteiger partial charge in [-0.1, -0.05) is 12.1 Å². The van der Waals surface area contributed by atoms with Crippen LogP contribution >= 0.6 is 0 Å². The van der Waals surface area contributed by atoms with Crippen molar-refractivity contribution in [3.05, 3.63) is 24.3 Å². The van der Waals surface area contributed by atoms with Crippen LogP contribution in [0.1, 0.15) is 26.2 Å². The predicted molar refractivity (Wildman–Crippen MR) is 90.5 cm³/mol. The lowest BCUT2D eigenvalue weighted by Gasteiger charge is -2.30. The number of hydrogen-bond acceptors (Lipinski definition) is 4. The highest BCUT2D eigenvalue weighted by Crippen LogP contribution is 2.29. The fourth-order valence-electron chi connectivity index (χ4n) is 3.21. The van der Waals surface area contributed by atoms with Gasteiger partial charge in [-0.2, -0.15) is 5.10 Å². The van der Waals surface area contributed by atoms with Crippen LogP contribution in [0.25, 0.3) is 0 Å². The summed E-state index contributed by atoms with van der Waals surface area (Å²) in [6.45, 7) is 3.71. The topological polar surface area (TPSA) is 65.0 Å². The molecule has 2 amide bonds. The second-order valence-electron chi connectivity index (χ2n) is 6.09. The zero-order valence-corrected chi connectivity index (χ0v) is 13.6. The van der Waals surface area contributed by atoms with Gasteiger partial charge in [-0.05, 0) is 38.3 Å². The van der Waals surface area contributed by atoms with E-state index in [1.807, 2.05) is 24.3 Å². The van der Waals surface area contributed by atoms with E-state index in [1.165, 1.54) is 24.3 Å². The summed E-state index contributed by atoms with van der Waals surface area (Å²) in [7, 11) is 1.57. The second-order valence-corrected chi connectivity index (χ2v) is 6.09. The molecule has 1 unspecified atom stereocenters. The van der Waals surface area contributed by atoms with E-state index in [2.05, 4.69) is 15.3 Å². The summed E-state index contributed by atoms with van der Waals surface area (Å²) in [5.41, 5.74) is 2.31. The second kappa shape index (κ2) is 6.40. The smallest absolute Gasteiger partial charge is 0.260 e. The number of piperidine rings is 1. The first-order valence-electron chi connectivity index (χ1n) is 8.05. The molecule has 1 saturated heterocycles. The molecule has 0 aromatic heterocycles. The third-order valence-corrected chi connectivity index (χ3v) is 4.41. The zero-order chi connectivity index (χ0) is 16.4. The Bertz CT molecular complexity index is 650. The molecule has 2 aliphatic rings. The number of anilines is 2. The molecule has 2 heterocycles. The van der Waals surface area contributed by atoms with Crippen molar-refractivity contribution in [2.45, 2.75) is 26.2 Å². The van der Waals surface area contributed by atoms with Crippen LogP contribution in [-0.4, -0.2) is 42.7 Å². The molecule has 0 saturated carbocycles. The minimum atomic E-state index is -0.825. The van der Waals surface area contributed by atoms with E-state index in [0.29, 0.717) is 5.71 Å².